The summed E-state index contributed by atoms with van der Waals surface area (Å²) in [5, 5.41) is 3.64. The van der Waals surface area contributed by atoms with Crippen LogP contribution in [0.5, 0.6) is 5.75 Å². The molecule has 3 aromatic carbocycles. The molecule has 1 aliphatic heterocycles. The smallest absolute Gasteiger partial charge is 0.237 e. The zero-order valence-corrected chi connectivity index (χ0v) is 21.1. The number of thioether (sulfide) groups is 2. The lowest BCUT2D eigenvalue weighted by Crippen LogP contribution is -2.26. The van der Waals surface area contributed by atoms with Crippen LogP contribution in [0, 0.1) is 0 Å². The van der Waals surface area contributed by atoms with Crippen molar-refractivity contribution < 1.29 is 14.3 Å². The number of Topliss-reactive ketones (excluding diaryl/α,β-unsaturated/α-hetero) is 1. The van der Waals surface area contributed by atoms with E-state index >= 15 is 0 Å². The summed E-state index contributed by atoms with van der Waals surface area (Å²) in [6.07, 6.45) is 0.851. The lowest BCUT2D eigenvalue weighted by molar-refractivity contribution is -0.115. The summed E-state index contributed by atoms with van der Waals surface area (Å²) < 4.78 is 7.38. The fourth-order valence-electron chi connectivity index (χ4n) is 4.01. The van der Waals surface area contributed by atoms with Crippen molar-refractivity contribution >= 4 is 51.9 Å². The van der Waals surface area contributed by atoms with Crippen molar-refractivity contribution in [3.63, 3.8) is 0 Å². The summed E-state index contributed by atoms with van der Waals surface area (Å²) in [6.45, 7) is 2.65. The van der Waals surface area contributed by atoms with E-state index in [-0.39, 0.29) is 22.7 Å². The fraction of sp³-hybridized carbons (Fsp3) is 0.222. The van der Waals surface area contributed by atoms with Crippen LogP contribution in [-0.4, -0.2) is 39.4 Å². The second-order valence-electron chi connectivity index (χ2n) is 8.31. The summed E-state index contributed by atoms with van der Waals surface area (Å²) in [4.78, 5) is 30.9. The number of methoxy groups -OCH3 is 1. The third kappa shape index (κ3) is 5.09. The van der Waals surface area contributed by atoms with E-state index in [0.29, 0.717) is 5.56 Å². The van der Waals surface area contributed by atoms with Crippen molar-refractivity contribution in [2.24, 2.45) is 0 Å². The highest BCUT2D eigenvalue weighted by atomic mass is 32.2. The maximum Gasteiger partial charge on any atom is 0.237 e. The van der Waals surface area contributed by atoms with Crippen LogP contribution in [0.1, 0.15) is 22.8 Å². The third-order valence-electron chi connectivity index (χ3n) is 5.96. The molecule has 1 aliphatic rings. The van der Waals surface area contributed by atoms with Gasteiger partial charge >= 0.3 is 0 Å². The highest BCUT2D eigenvalue weighted by molar-refractivity contribution is 8.01. The molecular formula is C27H25N3O3S2. The van der Waals surface area contributed by atoms with E-state index in [0.717, 1.165) is 45.5 Å². The number of carbonyl (C=O) groups excluding carboxylic acids is 2. The molecule has 1 unspecified atom stereocenters. The average Bonchev–Trinajstić information content (AvgIpc) is 3.22. The molecule has 5 rings (SSSR count). The number of nitrogens with zero attached hydrogens (tertiary/aromatic N) is 2. The van der Waals surface area contributed by atoms with E-state index in [9.17, 15) is 9.59 Å². The number of carbonyl (C=O) groups is 2. The lowest BCUT2D eigenvalue weighted by Gasteiger charge is -2.21. The van der Waals surface area contributed by atoms with Gasteiger partial charge in [0.05, 0.1) is 34.8 Å². The van der Waals surface area contributed by atoms with Gasteiger partial charge in [0.2, 0.25) is 5.91 Å². The Morgan fingerprint density at radius 1 is 1.14 bits per heavy atom. The second kappa shape index (κ2) is 10.2. The number of ether oxygens (including phenoxy) is 1. The van der Waals surface area contributed by atoms with Crippen molar-refractivity contribution in [3.8, 4) is 5.75 Å². The van der Waals surface area contributed by atoms with E-state index < -0.39 is 0 Å². The van der Waals surface area contributed by atoms with Crippen molar-refractivity contribution in [3.05, 3.63) is 77.9 Å². The van der Waals surface area contributed by atoms with Crippen LogP contribution >= 0.6 is 23.5 Å². The molecule has 0 radical (unpaired) electrons. The van der Waals surface area contributed by atoms with E-state index in [1.54, 1.807) is 43.1 Å². The minimum atomic E-state index is -0.142. The molecule has 178 valence electrons. The molecule has 0 fully saturated rings. The number of imidazole rings is 1. The number of amides is 1. The number of hydrogen-bond donors (Lipinski definition) is 1. The quantitative estimate of drug-likeness (QED) is 0.246. The van der Waals surface area contributed by atoms with Gasteiger partial charge in [0.1, 0.15) is 5.75 Å². The van der Waals surface area contributed by atoms with Crippen LogP contribution in [0.15, 0.2) is 76.8 Å². The SMILES string of the molecule is COc1ccc(C(=O)CSc2nc3cc4c(cc3n2CCc2ccccc2)SC(C)C(=O)N4)cc1. The van der Waals surface area contributed by atoms with E-state index in [4.69, 9.17) is 9.72 Å². The van der Waals surface area contributed by atoms with Crippen LogP contribution in [0.3, 0.4) is 0 Å². The molecule has 1 aromatic heterocycles. The Bertz CT molecular complexity index is 1380. The standard InChI is InChI=1S/C27H25N3O3S2/c1-17-26(32)28-22-14-21-23(15-25(22)35-17)30(13-12-18-6-4-3-5-7-18)27(29-21)34-16-24(31)19-8-10-20(33-2)11-9-19/h3-11,14-15,17H,12-13,16H2,1-2H3,(H,28,32). The molecule has 0 saturated carbocycles. The summed E-state index contributed by atoms with van der Waals surface area (Å²) in [5.74, 6) is 1.05. The first kappa shape index (κ1) is 23.5. The zero-order valence-electron chi connectivity index (χ0n) is 19.5. The van der Waals surface area contributed by atoms with Crippen molar-refractivity contribution in [1.82, 2.24) is 9.55 Å². The minimum absolute atomic E-state index is 0.00467. The van der Waals surface area contributed by atoms with Crippen LogP contribution in [0.4, 0.5) is 5.69 Å². The Morgan fingerprint density at radius 3 is 2.66 bits per heavy atom. The van der Waals surface area contributed by atoms with E-state index in [2.05, 4.69) is 28.1 Å². The highest BCUT2D eigenvalue weighted by Crippen LogP contribution is 2.39. The van der Waals surface area contributed by atoms with Gasteiger partial charge in [0.15, 0.2) is 10.9 Å². The number of aryl methyl sites for hydroxylation is 2. The van der Waals surface area contributed by atoms with Crippen LogP contribution in [-0.2, 0) is 17.8 Å². The molecule has 0 spiro atoms. The average molecular weight is 504 g/mol. The van der Waals surface area contributed by atoms with Gasteiger partial charge in [-0.15, -0.1) is 11.8 Å². The van der Waals surface area contributed by atoms with Gasteiger partial charge in [-0.3, -0.25) is 9.59 Å². The predicted octanol–water partition coefficient (Wildman–Crippen LogP) is 5.70. The number of anilines is 1. The van der Waals surface area contributed by atoms with Gasteiger partial charge in [-0.1, -0.05) is 42.1 Å². The first-order valence-corrected chi connectivity index (χ1v) is 13.2. The van der Waals surface area contributed by atoms with Gasteiger partial charge in [0, 0.05) is 17.0 Å². The summed E-state index contributed by atoms with van der Waals surface area (Å²) in [7, 11) is 1.61. The van der Waals surface area contributed by atoms with Crippen LogP contribution < -0.4 is 10.1 Å². The number of ketones is 1. The maximum atomic E-state index is 12.9. The molecular weight excluding hydrogens is 478 g/mol. The number of hydrogen-bond acceptors (Lipinski definition) is 6. The second-order valence-corrected chi connectivity index (χ2v) is 10.6. The topological polar surface area (TPSA) is 73.2 Å². The number of benzene rings is 3. The molecule has 0 bridgehead atoms. The normalized spacial score (nSPS) is 15.0. The number of nitrogens with one attached hydrogen (secondary N) is 1. The Kier molecular flexibility index (Phi) is 6.83. The van der Waals surface area contributed by atoms with Crippen LogP contribution in [0.2, 0.25) is 0 Å². The molecule has 0 saturated heterocycles. The van der Waals surface area contributed by atoms with Gasteiger partial charge in [-0.05, 0) is 55.3 Å². The molecule has 2 heterocycles. The van der Waals surface area contributed by atoms with Gasteiger partial charge in [-0.25, -0.2) is 4.98 Å². The minimum Gasteiger partial charge on any atom is -0.497 e. The van der Waals surface area contributed by atoms with Crippen molar-refractivity contribution in [2.75, 3.05) is 18.2 Å². The van der Waals surface area contributed by atoms with Crippen molar-refractivity contribution in [2.45, 2.75) is 35.2 Å². The molecule has 8 heteroatoms. The Labute approximate surface area is 212 Å². The zero-order chi connectivity index (χ0) is 24.4. The van der Waals surface area contributed by atoms with E-state index in [1.165, 1.54) is 17.3 Å². The summed E-state index contributed by atoms with van der Waals surface area (Å²) >= 11 is 3.00. The highest BCUT2D eigenvalue weighted by Gasteiger charge is 2.25. The fourth-order valence-corrected chi connectivity index (χ4v) is 5.90. The molecule has 6 nitrogen and oxygen atoms in total. The first-order valence-electron chi connectivity index (χ1n) is 11.4. The van der Waals surface area contributed by atoms with Gasteiger partial charge < -0.3 is 14.6 Å². The lowest BCUT2D eigenvalue weighted by atomic mass is 10.1. The number of fused-ring (bicyclic) bond motifs is 2. The maximum absolute atomic E-state index is 12.9. The molecule has 35 heavy (non-hydrogen) atoms. The third-order valence-corrected chi connectivity index (χ3v) is 8.09. The molecule has 1 atom stereocenters. The first-order chi connectivity index (χ1) is 17.0. The summed E-state index contributed by atoms with van der Waals surface area (Å²) in [6, 6.07) is 21.6. The Balaban J connectivity index is 1.44. The number of aromatic nitrogens is 2. The monoisotopic (exact) mass is 503 g/mol. The molecule has 4 aromatic rings. The molecule has 1 N–H and O–H groups in total. The Morgan fingerprint density at radius 2 is 1.91 bits per heavy atom. The van der Waals surface area contributed by atoms with Gasteiger partial charge in [-0.2, -0.15) is 0 Å². The predicted molar refractivity (Wildman–Crippen MR) is 142 cm³/mol. The van der Waals surface area contributed by atoms with Crippen molar-refractivity contribution in [1.29, 1.82) is 0 Å². The van der Waals surface area contributed by atoms with Gasteiger partial charge in [0.25, 0.3) is 0 Å². The Hall–Kier alpha value is -3.23. The van der Waals surface area contributed by atoms with E-state index in [1.807, 2.05) is 31.2 Å². The van der Waals surface area contributed by atoms with Crippen LogP contribution in [0.25, 0.3) is 11.0 Å². The molecule has 0 aliphatic carbocycles. The number of rotatable bonds is 8. The molecule has 1 amide bonds. The summed E-state index contributed by atoms with van der Waals surface area (Å²) in [5.41, 5.74) is 4.51. The largest absolute Gasteiger partial charge is 0.497 e.